The van der Waals surface area contributed by atoms with Crippen LogP contribution in [-0.2, 0) is 11.2 Å². The maximum Gasteiger partial charge on any atom is 0.227 e. The normalized spacial score (nSPS) is 15.0. The zero-order valence-corrected chi connectivity index (χ0v) is 10.3. The van der Waals surface area contributed by atoms with Gasteiger partial charge < -0.3 is 15.0 Å². The highest BCUT2D eigenvalue weighted by atomic mass is 16.5. The van der Waals surface area contributed by atoms with Crippen LogP contribution in [-0.4, -0.2) is 23.3 Å². The minimum Gasteiger partial charge on any atom is -0.371 e. The zero-order chi connectivity index (χ0) is 12.0. The van der Waals surface area contributed by atoms with Crippen molar-refractivity contribution in [1.82, 2.24) is 10.1 Å². The van der Waals surface area contributed by atoms with Gasteiger partial charge in [-0.15, -0.1) is 0 Å². The SMILES string of the molecule is CCOC(C)c1noc(CC(CC)CN)n1. The fourth-order valence-electron chi connectivity index (χ4n) is 1.48. The van der Waals surface area contributed by atoms with Crippen molar-refractivity contribution in [2.75, 3.05) is 13.2 Å². The third-order valence-corrected chi connectivity index (χ3v) is 2.64. The molecular formula is C11H21N3O2. The number of rotatable bonds is 7. The Hall–Kier alpha value is -0.940. The summed E-state index contributed by atoms with van der Waals surface area (Å²) >= 11 is 0. The largest absolute Gasteiger partial charge is 0.371 e. The number of nitrogens with two attached hydrogens (primary N) is 1. The first-order valence-electron chi connectivity index (χ1n) is 5.85. The summed E-state index contributed by atoms with van der Waals surface area (Å²) in [5.41, 5.74) is 5.63. The standard InChI is InChI=1S/C11H21N3O2/c1-4-9(7-12)6-10-13-11(14-16-10)8(3)15-5-2/h8-9H,4-7,12H2,1-3H3. The van der Waals surface area contributed by atoms with Gasteiger partial charge in [0.25, 0.3) is 0 Å². The number of hydrogen-bond donors (Lipinski definition) is 1. The Bertz CT molecular complexity index is 297. The number of nitrogens with zero attached hydrogens (tertiary/aromatic N) is 2. The average Bonchev–Trinajstić information content (AvgIpc) is 2.74. The number of hydrogen-bond acceptors (Lipinski definition) is 5. The van der Waals surface area contributed by atoms with Gasteiger partial charge in [-0.1, -0.05) is 18.5 Å². The van der Waals surface area contributed by atoms with E-state index in [0.717, 1.165) is 12.8 Å². The summed E-state index contributed by atoms with van der Waals surface area (Å²) < 4.78 is 10.6. The molecule has 2 unspecified atom stereocenters. The molecule has 1 heterocycles. The highest BCUT2D eigenvalue weighted by Gasteiger charge is 2.15. The third-order valence-electron chi connectivity index (χ3n) is 2.64. The Morgan fingerprint density at radius 3 is 2.75 bits per heavy atom. The van der Waals surface area contributed by atoms with Gasteiger partial charge in [-0.25, -0.2) is 0 Å². The molecule has 0 aromatic carbocycles. The molecule has 0 bridgehead atoms. The lowest BCUT2D eigenvalue weighted by Gasteiger charge is -2.07. The van der Waals surface area contributed by atoms with E-state index in [4.69, 9.17) is 15.0 Å². The Labute approximate surface area is 96.4 Å². The summed E-state index contributed by atoms with van der Waals surface area (Å²) in [6.45, 7) is 7.26. The second-order valence-corrected chi connectivity index (χ2v) is 3.86. The first kappa shape index (κ1) is 13.1. The first-order chi connectivity index (χ1) is 7.71. The summed E-state index contributed by atoms with van der Waals surface area (Å²) in [4.78, 5) is 4.31. The molecule has 1 aromatic rings. The molecule has 2 atom stereocenters. The van der Waals surface area contributed by atoms with Crippen LogP contribution in [0.1, 0.15) is 45.0 Å². The Morgan fingerprint density at radius 1 is 1.44 bits per heavy atom. The Balaban J connectivity index is 2.57. The molecule has 1 aromatic heterocycles. The van der Waals surface area contributed by atoms with Gasteiger partial charge in [-0.05, 0) is 26.3 Å². The molecule has 0 spiro atoms. The van der Waals surface area contributed by atoms with E-state index in [2.05, 4.69) is 17.1 Å². The molecule has 2 N–H and O–H groups in total. The van der Waals surface area contributed by atoms with Gasteiger partial charge in [0, 0.05) is 13.0 Å². The molecule has 0 saturated heterocycles. The van der Waals surface area contributed by atoms with E-state index >= 15 is 0 Å². The predicted molar refractivity (Wildman–Crippen MR) is 60.9 cm³/mol. The van der Waals surface area contributed by atoms with Crippen LogP contribution in [0.5, 0.6) is 0 Å². The summed E-state index contributed by atoms with van der Waals surface area (Å²) in [5, 5.41) is 3.90. The Morgan fingerprint density at radius 2 is 2.19 bits per heavy atom. The maximum absolute atomic E-state index is 5.63. The van der Waals surface area contributed by atoms with E-state index in [1.165, 1.54) is 0 Å². The lowest BCUT2D eigenvalue weighted by atomic mass is 10.0. The summed E-state index contributed by atoms with van der Waals surface area (Å²) in [6, 6.07) is 0. The molecular weight excluding hydrogens is 206 g/mol. The van der Waals surface area contributed by atoms with Gasteiger partial charge in [0.1, 0.15) is 6.10 Å². The van der Waals surface area contributed by atoms with Gasteiger partial charge in [0.05, 0.1) is 0 Å². The molecule has 0 aliphatic heterocycles. The van der Waals surface area contributed by atoms with Crippen molar-refractivity contribution in [3.63, 3.8) is 0 Å². The van der Waals surface area contributed by atoms with Crippen LogP contribution in [0.2, 0.25) is 0 Å². The van der Waals surface area contributed by atoms with Crippen molar-refractivity contribution in [2.24, 2.45) is 11.7 Å². The fraction of sp³-hybridized carbons (Fsp3) is 0.818. The molecule has 0 amide bonds. The summed E-state index contributed by atoms with van der Waals surface area (Å²) in [6.07, 6.45) is 1.66. The highest BCUT2D eigenvalue weighted by Crippen LogP contribution is 2.15. The van der Waals surface area contributed by atoms with Crippen molar-refractivity contribution in [3.8, 4) is 0 Å². The van der Waals surface area contributed by atoms with E-state index in [-0.39, 0.29) is 6.10 Å². The average molecular weight is 227 g/mol. The van der Waals surface area contributed by atoms with Crippen molar-refractivity contribution in [2.45, 2.75) is 39.7 Å². The first-order valence-corrected chi connectivity index (χ1v) is 5.85. The predicted octanol–water partition coefficient (Wildman–Crippen LogP) is 1.69. The van der Waals surface area contributed by atoms with Crippen LogP contribution < -0.4 is 5.73 Å². The quantitative estimate of drug-likeness (QED) is 0.767. The molecule has 0 aliphatic carbocycles. The van der Waals surface area contributed by atoms with Crippen LogP contribution in [0.4, 0.5) is 0 Å². The molecule has 1 rings (SSSR count). The molecule has 0 fully saturated rings. The molecule has 5 heteroatoms. The fourth-order valence-corrected chi connectivity index (χ4v) is 1.48. The van der Waals surface area contributed by atoms with Crippen molar-refractivity contribution < 1.29 is 9.26 Å². The van der Waals surface area contributed by atoms with Gasteiger partial charge >= 0.3 is 0 Å². The van der Waals surface area contributed by atoms with Crippen LogP contribution in [0.25, 0.3) is 0 Å². The van der Waals surface area contributed by atoms with Crippen LogP contribution in [0, 0.1) is 5.92 Å². The minimum atomic E-state index is -0.111. The minimum absolute atomic E-state index is 0.111. The summed E-state index contributed by atoms with van der Waals surface area (Å²) in [7, 11) is 0. The van der Waals surface area contributed by atoms with Crippen LogP contribution in [0.3, 0.4) is 0 Å². The van der Waals surface area contributed by atoms with Crippen molar-refractivity contribution in [3.05, 3.63) is 11.7 Å². The van der Waals surface area contributed by atoms with Gasteiger partial charge in [0.15, 0.2) is 5.82 Å². The van der Waals surface area contributed by atoms with E-state index < -0.39 is 0 Å². The molecule has 0 saturated carbocycles. The lowest BCUT2D eigenvalue weighted by Crippen LogP contribution is -2.16. The van der Waals surface area contributed by atoms with Crippen molar-refractivity contribution in [1.29, 1.82) is 0 Å². The lowest BCUT2D eigenvalue weighted by molar-refractivity contribution is 0.0683. The zero-order valence-electron chi connectivity index (χ0n) is 10.3. The number of aromatic nitrogens is 2. The molecule has 5 nitrogen and oxygen atoms in total. The van der Waals surface area contributed by atoms with Gasteiger partial charge in [-0.2, -0.15) is 4.98 Å². The maximum atomic E-state index is 5.63. The molecule has 0 radical (unpaired) electrons. The van der Waals surface area contributed by atoms with Crippen LogP contribution >= 0.6 is 0 Å². The second-order valence-electron chi connectivity index (χ2n) is 3.86. The Kier molecular flexibility index (Phi) is 5.42. The molecule has 0 aliphatic rings. The van der Waals surface area contributed by atoms with Crippen LogP contribution in [0.15, 0.2) is 4.52 Å². The van der Waals surface area contributed by atoms with Crippen molar-refractivity contribution >= 4 is 0 Å². The smallest absolute Gasteiger partial charge is 0.227 e. The molecule has 92 valence electrons. The van der Waals surface area contributed by atoms with Gasteiger partial charge in [0.2, 0.25) is 5.89 Å². The number of ether oxygens (including phenoxy) is 1. The monoisotopic (exact) mass is 227 g/mol. The van der Waals surface area contributed by atoms with E-state index in [0.29, 0.717) is 30.8 Å². The molecule has 16 heavy (non-hydrogen) atoms. The summed E-state index contributed by atoms with van der Waals surface area (Å²) in [5.74, 6) is 1.68. The second kappa shape index (κ2) is 6.60. The van der Waals surface area contributed by atoms with E-state index in [9.17, 15) is 0 Å². The van der Waals surface area contributed by atoms with E-state index in [1.54, 1.807) is 0 Å². The van der Waals surface area contributed by atoms with Gasteiger partial charge in [-0.3, -0.25) is 0 Å². The topological polar surface area (TPSA) is 74.2 Å². The third kappa shape index (κ3) is 3.57. The highest BCUT2D eigenvalue weighted by molar-refractivity contribution is 4.91. The van der Waals surface area contributed by atoms with E-state index in [1.807, 2.05) is 13.8 Å².